The number of ether oxygens (including phenoxy) is 2. The predicted octanol–water partition coefficient (Wildman–Crippen LogP) is 4.13. The summed E-state index contributed by atoms with van der Waals surface area (Å²) in [5.41, 5.74) is 4.89. The van der Waals surface area contributed by atoms with Crippen LogP contribution in [-0.2, 0) is 4.79 Å². The number of carbonyl (C=O) groups excluding carboxylic acids is 1. The summed E-state index contributed by atoms with van der Waals surface area (Å²) in [6.07, 6.45) is 0. The number of para-hydroxylation sites is 2. The van der Waals surface area contributed by atoms with E-state index in [-0.39, 0.29) is 5.91 Å². The molecule has 0 spiro atoms. The molecule has 0 saturated heterocycles. The van der Waals surface area contributed by atoms with Gasteiger partial charge in [-0.2, -0.15) is 0 Å². The molecule has 1 aliphatic heterocycles. The lowest BCUT2D eigenvalue weighted by Crippen LogP contribution is -2.24. The number of imidazole rings is 1. The Morgan fingerprint density at radius 3 is 2.83 bits per heavy atom. The van der Waals surface area contributed by atoms with E-state index in [1.54, 1.807) is 11.6 Å². The summed E-state index contributed by atoms with van der Waals surface area (Å²) in [4.78, 5) is 22.2. The third-order valence-electron chi connectivity index (χ3n) is 4.83. The molecule has 5 rings (SSSR count). The van der Waals surface area contributed by atoms with Crippen LogP contribution in [0.3, 0.4) is 0 Å². The molecule has 0 fully saturated rings. The molecular formula is C21H18N4O3S. The van der Waals surface area contributed by atoms with Crippen molar-refractivity contribution < 1.29 is 14.3 Å². The van der Waals surface area contributed by atoms with Crippen molar-refractivity contribution in [1.82, 2.24) is 14.5 Å². The van der Waals surface area contributed by atoms with Gasteiger partial charge in [-0.05, 0) is 31.2 Å². The number of hydrogen-bond acceptors (Lipinski definition) is 6. The highest BCUT2D eigenvalue weighted by Crippen LogP contribution is 2.33. The summed E-state index contributed by atoms with van der Waals surface area (Å²) in [6.45, 7) is 2.89. The fourth-order valence-electron chi connectivity index (χ4n) is 3.43. The molecule has 1 amide bonds. The number of thiazole rings is 1. The van der Waals surface area contributed by atoms with E-state index in [1.165, 1.54) is 11.3 Å². The van der Waals surface area contributed by atoms with Crippen LogP contribution in [0.4, 0.5) is 5.69 Å². The van der Waals surface area contributed by atoms with E-state index in [0.717, 1.165) is 16.7 Å². The fraction of sp³-hybridized carbons (Fsp3) is 0.190. The first kappa shape index (κ1) is 17.7. The van der Waals surface area contributed by atoms with Gasteiger partial charge in [0.25, 0.3) is 0 Å². The largest absolute Gasteiger partial charge is 0.486 e. The molecule has 2 aromatic heterocycles. The second-order valence-corrected chi connectivity index (χ2v) is 7.41. The van der Waals surface area contributed by atoms with Crippen molar-refractivity contribution in [3.05, 3.63) is 53.4 Å². The predicted molar refractivity (Wildman–Crippen MR) is 112 cm³/mol. The second-order valence-electron chi connectivity index (χ2n) is 6.69. The zero-order valence-electron chi connectivity index (χ0n) is 15.7. The highest BCUT2D eigenvalue weighted by atomic mass is 32.1. The van der Waals surface area contributed by atoms with Gasteiger partial charge in [0.2, 0.25) is 5.91 Å². The Kier molecular flexibility index (Phi) is 4.40. The summed E-state index contributed by atoms with van der Waals surface area (Å²) in [7, 11) is 0. The minimum absolute atomic E-state index is 0.152. The number of hydrogen-bond donors (Lipinski definition) is 1. The zero-order valence-corrected chi connectivity index (χ0v) is 16.5. The zero-order chi connectivity index (χ0) is 19.8. The van der Waals surface area contributed by atoms with Crippen molar-refractivity contribution in [1.29, 1.82) is 0 Å². The third kappa shape index (κ3) is 3.21. The molecule has 0 radical (unpaired) electrons. The molecule has 1 atom stereocenters. The summed E-state index contributed by atoms with van der Waals surface area (Å²) in [5.74, 6) is 1.85. The molecule has 4 aromatic rings. The minimum Gasteiger partial charge on any atom is -0.486 e. The van der Waals surface area contributed by atoms with Crippen LogP contribution in [0, 0.1) is 0 Å². The molecular weight excluding hydrogens is 388 g/mol. The van der Waals surface area contributed by atoms with Crippen LogP contribution >= 0.6 is 11.3 Å². The first-order valence-corrected chi connectivity index (χ1v) is 10.2. The molecule has 0 aliphatic carbocycles. The second kappa shape index (κ2) is 7.21. The minimum atomic E-state index is -0.493. The van der Waals surface area contributed by atoms with E-state index in [4.69, 9.17) is 14.5 Å². The normalized spacial score (nSPS) is 14.0. The average Bonchev–Trinajstić information content (AvgIpc) is 3.40. The Morgan fingerprint density at radius 2 is 2.00 bits per heavy atom. The highest BCUT2D eigenvalue weighted by Gasteiger charge is 2.24. The summed E-state index contributed by atoms with van der Waals surface area (Å²) in [5, 5.41) is 4.91. The molecule has 8 heteroatoms. The van der Waals surface area contributed by atoms with E-state index >= 15 is 0 Å². The number of nitrogens with one attached hydrogen (secondary N) is 1. The molecule has 1 aliphatic rings. The number of carbonyl (C=O) groups is 1. The molecule has 146 valence electrons. The summed E-state index contributed by atoms with van der Waals surface area (Å²) < 4.78 is 13.1. The van der Waals surface area contributed by atoms with Crippen molar-refractivity contribution in [2.45, 2.75) is 13.0 Å². The monoisotopic (exact) mass is 406 g/mol. The van der Waals surface area contributed by atoms with Crippen LogP contribution in [0.15, 0.2) is 53.4 Å². The van der Waals surface area contributed by atoms with Crippen molar-refractivity contribution in [3.63, 3.8) is 0 Å². The Balaban J connectivity index is 1.49. The highest BCUT2D eigenvalue weighted by molar-refractivity contribution is 7.07. The van der Waals surface area contributed by atoms with Gasteiger partial charge >= 0.3 is 0 Å². The number of rotatable bonds is 4. The first-order chi connectivity index (χ1) is 14.2. The van der Waals surface area contributed by atoms with Gasteiger partial charge in [0, 0.05) is 17.1 Å². The number of benzene rings is 2. The molecule has 1 N–H and O–H groups in total. The van der Waals surface area contributed by atoms with E-state index in [2.05, 4.69) is 10.3 Å². The van der Waals surface area contributed by atoms with E-state index < -0.39 is 6.04 Å². The molecule has 1 unspecified atom stereocenters. The first-order valence-electron chi connectivity index (χ1n) is 9.27. The van der Waals surface area contributed by atoms with Gasteiger partial charge in [0.1, 0.15) is 24.9 Å². The number of fused-ring (bicyclic) bond motifs is 2. The van der Waals surface area contributed by atoms with Crippen molar-refractivity contribution in [2.24, 2.45) is 0 Å². The van der Waals surface area contributed by atoms with Crippen LogP contribution in [0.2, 0.25) is 0 Å². The molecule has 3 heterocycles. The van der Waals surface area contributed by atoms with Gasteiger partial charge in [0.15, 0.2) is 17.3 Å². The molecule has 7 nitrogen and oxygen atoms in total. The number of nitrogens with zero attached hydrogens (tertiary/aromatic N) is 3. The van der Waals surface area contributed by atoms with E-state index in [1.807, 2.05) is 53.3 Å². The van der Waals surface area contributed by atoms with Gasteiger partial charge in [-0.25, -0.2) is 9.97 Å². The van der Waals surface area contributed by atoms with Crippen molar-refractivity contribution >= 4 is 34.0 Å². The van der Waals surface area contributed by atoms with Gasteiger partial charge in [-0.15, -0.1) is 11.3 Å². The molecule has 0 saturated carbocycles. The Labute approximate surface area is 170 Å². The van der Waals surface area contributed by atoms with Gasteiger partial charge in [-0.3, -0.25) is 4.79 Å². The van der Waals surface area contributed by atoms with Crippen LogP contribution in [0.1, 0.15) is 13.0 Å². The lowest BCUT2D eigenvalue weighted by atomic mass is 10.2. The van der Waals surface area contributed by atoms with Crippen LogP contribution in [0.5, 0.6) is 11.5 Å². The average molecular weight is 406 g/mol. The smallest absolute Gasteiger partial charge is 0.247 e. The maximum Gasteiger partial charge on any atom is 0.247 e. The lowest BCUT2D eigenvalue weighted by Gasteiger charge is -2.20. The van der Waals surface area contributed by atoms with Crippen LogP contribution < -0.4 is 14.8 Å². The van der Waals surface area contributed by atoms with Crippen LogP contribution in [-0.4, -0.2) is 33.7 Å². The number of anilines is 1. The summed E-state index contributed by atoms with van der Waals surface area (Å²) in [6, 6.07) is 12.7. The van der Waals surface area contributed by atoms with Gasteiger partial charge in [0.05, 0.1) is 16.5 Å². The maximum atomic E-state index is 13.1. The van der Waals surface area contributed by atoms with E-state index in [0.29, 0.717) is 36.2 Å². The standard InChI is InChI=1S/C21H18N4O3S/c1-13(21(26)23-14-6-7-18-19(10-14)28-9-8-27-18)25-17-5-3-2-4-15(17)24-20(25)16-11-29-12-22-16/h2-7,10-13H,8-9H2,1H3,(H,23,26). The third-order valence-corrected chi connectivity index (χ3v) is 5.42. The van der Waals surface area contributed by atoms with Crippen molar-refractivity contribution in [2.75, 3.05) is 18.5 Å². The molecule has 29 heavy (non-hydrogen) atoms. The fourth-order valence-corrected chi connectivity index (χ4v) is 3.96. The van der Waals surface area contributed by atoms with E-state index in [9.17, 15) is 4.79 Å². The van der Waals surface area contributed by atoms with Crippen molar-refractivity contribution in [3.8, 4) is 23.0 Å². The Bertz CT molecular complexity index is 1190. The van der Waals surface area contributed by atoms with Crippen LogP contribution in [0.25, 0.3) is 22.6 Å². The molecule has 0 bridgehead atoms. The topological polar surface area (TPSA) is 78.3 Å². The number of amides is 1. The molecule has 2 aromatic carbocycles. The number of aromatic nitrogens is 3. The maximum absolute atomic E-state index is 13.1. The summed E-state index contributed by atoms with van der Waals surface area (Å²) >= 11 is 1.50. The lowest BCUT2D eigenvalue weighted by molar-refractivity contribution is -0.118. The van der Waals surface area contributed by atoms with Gasteiger partial charge in [-0.1, -0.05) is 12.1 Å². The Hall–Kier alpha value is -3.39. The Morgan fingerprint density at radius 1 is 1.17 bits per heavy atom. The SMILES string of the molecule is CC(C(=O)Nc1ccc2c(c1)OCCO2)n1c(-c2cscn2)nc2ccccc21. The van der Waals surface area contributed by atoms with Gasteiger partial charge < -0.3 is 19.4 Å². The quantitative estimate of drug-likeness (QED) is 0.551.